The number of ether oxygens (including phenoxy) is 1. The van der Waals surface area contributed by atoms with Gasteiger partial charge in [-0.1, -0.05) is 42.1 Å². The number of benzene rings is 2. The molecular weight excluding hydrogens is 418 g/mol. The average Bonchev–Trinajstić information content (AvgIpc) is 3.24. The van der Waals surface area contributed by atoms with Gasteiger partial charge in [0.15, 0.2) is 5.16 Å². The van der Waals surface area contributed by atoms with Gasteiger partial charge >= 0.3 is 0 Å². The highest BCUT2D eigenvalue weighted by atomic mass is 32.2. The van der Waals surface area contributed by atoms with Crippen LogP contribution in [0.15, 0.2) is 69.9 Å². The molecule has 0 unspecified atom stereocenters. The van der Waals surface area contributed by atoms with Crippen molar-refractivity contribution in [2.45, 2.75) is 30.5 Å². The molecule has 0 atom stereocenters. The molecule has 0 amide bonds. The van der Waals surface area contributed by atoms with E-state index in [1.807, 2.05) is 53.9 Å². The maximum Gasteiger partial charge on any atom is 0.262 e. The molecule has 2 heterocycles. The van der Waals surface area contributed by atoms with Crippen LogP contribution in [0.2, 0.25) is 0 Å². The summed E-state index contributed by atoms with van der Waals surface area (Å²) in [6, 6.07) is 17.0. The highest BCUT2D eigenvalue weighted by Crippen LogP contribution is 2.24. The van der Waals surface area contributed by atoms with Gasteiger partial charge in [0.05, 0.1) is 16.6 Å². The zero-order valence-electron chi connectivity index (χ0n) is 16.2. The molecule has 30 heavy (non-hydrogen) atoms. The Labute approximate surface area is 182 Å². The lowest BCUT2D eigenvalue weighted by Crippen LogP contribution is -2.24. The highest BCUT2D eigenvalue weighted by molar-refractivity contribution is 7.98. The Bertz CT molecular complexity index is 1180. The quantitative estimate of drug-likeness (QED) is 0.312. The molecule has 2 aromatic carbocycles. The number of aliphatic hydroxyl groups excluding tert-OH is 1. The number of nitrogens with zero attached hydrogens (tertiary/aromatic N) is 3. The number of rotatable bonds is 9. The first-order valence-corrected chi connectivity index (χ1v) is 11.5. The first-order chi connectivity index (χ1) is 14.7. The van der Waals surface area contributed by atoms with Crippen LogP contribution < -0.4 is 10.3 Å². The predicted octanol–water partition coefficient (Wildman–Crippen LogP) is 4.11. The van der Waals surface area contributed by atoms with E-state index in [1.54, 1.807) is 22.0 Å². The van der Waals surface area contributed by atoms with E-state index in [4.69, 9.17) is 4.74 Å². The lowest BCUT2D eigenvalue weighted by Gasteiger charge is -2.12. The van der Waals surface area contributed by atoms with Crippen LogP contribution in [0.25, 0.3) is 10.9 Å². The van der Waals surface area contributed by atoms with Gasteiger partial charge in [0.2, 0.25) is 0 Å². The predicted molar refractivity (Wildman–Crippen MR) is 120 cm³/mol. The summed E-state index contributed by atoms with van der Waals surface area (Å²) < 4.78 is 7.40. The van der Waals surface area contributed by atoms with E-state index in [1.165, 1.54) is 11.8 Å². The third kappa shape index (κ3) is 4.89. The number of hydrogen-bond acceptors (Lipinski definition) is 7. The largest absolute Gasteiger partial charge is 0.486 e. The summed E-state index contributed by atoms with van der Waals surface area (Å²) in [6.45, 7) is 0.887. The molecule has 8 heteroatoms. The van der Waals surface area contributed by atoms with Crippen molar-refractivity contribution in [3.63, 3.8) is 0 Å². The topological polar surface area (TPSA) is 77.2 Å². The maximum absolute atomic E-state index is 12.9. The fourth-order valence-corrected chi connectivity index (χ4v) is 4.69. The SMILES string of the molecule is O=c1c2ccccc2nc(SCc2csc(COc3ccccc3)n2)n1CCCO. The molecule has 0 spiro atoms. The Morgan fingerprint density at radius 2 is 1.87 bits per heavy atom. The molecule has 0 aliphatic heterocycles. The van der Waals surface area contributed by atoms with E-state index >= 15 is 0 Å². The third-order valence-corrected chi connectivity index (χ3v) is 6.30. The number of thiazole rings is 1. The van der Waals surface area contributed by atoms with Gasteiger partial charge in [-0.3, -0.25) is 9.36 Å². The van der Waals surface area contributed by atoms with Crippen molar-refractivity contribution in [2.75, 3.05) is 6.61 Å². The normalized spacial score (nSPS) is 11.1. The van der Waals surface area contributed by atoms with Crippen LogP contribution in [0, 0.1) is 0 Å². The number of fused-ring (bicyclic) bond motifs is 1. The maximum atomic E-state index is 12.9. The average molecular weight is 440 g/mol. The Balaban J connectivity index is 1.48. The summed E-state index contributed by atoms with van der Waals surface area (Å²) in [5.41, 5.74) is 1.53. The molecule has 4 aromatic rings. The van der Waals surface area contributed by atoms with Gasteiger partial charge in [0.1, 0.15) is 17.4 Å². The number of para-hydroxylation sites is 2. The van der Waals surface area contributed by atoms with Crippen molar-refractivity contribution < 1.29 is 9.84 Å². The number of thioether (sulfide) groups is 1. The Kier molecular flexibility index (Phi) is 6.78. The van der Waals surface area contributed by atoms with Gasteiger partial charge in [0.25, 0.3) is 5.56 Å². The van der Waals surface area contributed by atoms with Crippen molar-refractivity contribution in [3.8, 4) is 5.75 Å². The first-order valence-electron chi connectivity index (χ1n) is 9.59. The highest BCUT2D eigenvalue weighted by Gasteiger charge is 2.12. The minimum Gasteiger partial charge on any atom is -0.486 e. The second kappa shape index (κ2) is 9.88. The van der Waals surface area contributed by atoms with Crippen molar-refractivity contribution in [1.82, 2.24) is 14.5 Å². The number of aliphatic hydroxyl groups is 1. The van der Waals surface area contributed by atoms with Gasteiger partial charge in [-0.05, 0) is 30.7 Å². The molecule has 2 aromatic heterocycles. The van der Waals surface area contributed by atoms with E-state index in [0.29, 0.717) is 41.4 Å². The lowest BCUT2D eigenvalue weighted by molar-refractivity contribution is 0.276. The van der Waals surface area contributed by atoms with Gasteiger partial charge in [-0.15, -0.1) is 11.3 Å². The molecule has 0 saturated carbocycles. The molecule has 1 N–H and O–H groups in total. The summed E-state index contributed by atoms with van der Waals surface area (Å²) in [7, 11) is 0. The second-order valence-corrected chi connectivity index (χ2v) is 8.45. The van der Waals surface area contributed by atoms with Crippen LogP contribution in [0.1, 0.15) is 17.1 Å². The van der Waals surface area contributed by atoms with E-state index < -0.39 is 0 Å². The van der Waals surface area contributed by atoms with Crippen molar-refractivity contribution in [2.24, 2.45) is 0 Å². The molecule has 0 bridgehead atoms. The van der Waals surface area contributed by atoms with Crippen molar-refractivity contribution >= 4 is 34.0 Å². The Morgan fingerprint density at radius 3 is 2.70 bits per heavy atom. The monoisotopic (exact) mass is 439 g/mol. The summed E-state index contributed by atoms with van der Waals surface area (Å²) in [6.07, 6.45) is 0.505. The molecule has 6 nitrogen and oxygen atoms in total. The van der Waals surface area contributed by atoms with Crippen molar-refractivity contribution in [1.29, 1.82) is 0 Å². The standard InChI is InChI=1S/C22H21N3O3S2/c26-12-6-11-25-21(27)18-9-4-5-10-19(18)24-22(25)30-15-16-14-29-20(23-16)13-28-17-7-2-1-3-8-17/h1-5,7-10,14,26H,6,11-13,15H2. The van der Waals surface area contributed by atoms with Crippen LogP contribution in [-0.2, 0) is 18.9 Å². The van der Waals surface area contributed by atoms with E-state index in [0.717, 1.165) is 16.5 Å². The van der Waals surface area contributed by atoms with Gasteiger partial charge in [-0.25, -0.2) is 9.97 Å². The molecule has 0 fully saturated rings. The minimum absolute atomic E-state index is 0.0280. The molecule has 0 saturated heterocycles. The number of aromatic nitrogens is 3. The van der Waals surface area contributed by atoms with Crippen LogP contribution in [-0.4, -0.2) is 26.2 Å². The van der Waals surface area contributed by atoms with Crippen LogP contribution in [0.5, 0.6) is 5.75 Å². The van der Waals surface area contributed by atoms with Gasteiger partial charge < -0.3 is 9.84 Å². The van der Waals surface area contributed by atoms with Gasteiger partial charge in [0, 0.05) is 24.3 Å². The summed E-state index contributed by atoms with van der Waals surface area (Å²) in [5.74, 6) is 1.42. The minimum atomic E-state index is -0.0771. The van der Waals surface area contributed by atoms with Crippen LogP contribution in [0.3, 0.4) is 0 Å². The van der Waals surface area contributed by atoms with Crippen molar-refractivity contribution in [3.05, 3.63) is 81.0 Å². The summed E-state index contributed by atoms with van der Waals surface area (Å²) in [5, 5.41) is 13.3. The Hall–Kier alpha value is -2.68. The van der Waals surface area contributed by atoms with Crippen LogP contribution >= 0.6 is 23.1 Å². The molecule has 0 aliphatic carbocycles. The second-order valence-electron chi connectivity index (χ2n) is 6.57. The molecular formula is C22H21N3O3S2. The zero-order chi connectivity index (χ0) is 20.8. The first kappa shape index (κ1) is 20.6. The third-order valence-electron chi connectivity index (χ3n) is 4.42. The fourth-order valence-electron chi connectivity index (χ4n) is 2.97. The zero-order valence-corrected chi connectivity index (χ0v) is 17.9. The van der Waals surface area contributed by atoms with E-state index in [2.05, 4.69) is 9.97 Å². The summed E-state index contributed by atoms with van der Waals surface area (Å²) in [4.78, 5) is 22.2. The number of hydrogen-bond donors (Lipinski definition) is 1. The molecule has 154 valence electrons. The van der Waals surface area contributed by atoms with Crippen LogP contribution in [0.4, 0.5) is 0 Å². The smallest absolute Gasteiger partial charge is 0.262 e. The Morgan fingerprint density at radius 1 is 1.07 bits per heavy atom. The van der Waals surface area contributed by atoms with E-state index in [9.17, 15) is 9.90 Å². The molecule has 0 aliphatic rings. The lowest BCUT2D eigenvalue weighted by atomic mass is 10.2. The summed E-state index contributed by atoms with van der Waals surface area (Å²) >= 11 is 3.04. The fraction of sp³-hybridized carbons (Fsp3) is 0.227. The van der Waals surface area contributed by atoms with E-state index in [-0.39, 0.29) is 12.2 Å². The molecule has 4 rings (SSSR count). The molecule has 0 radical (unpaired) electrons. The van der Waals surface area contributed by atoms with Gasteiger partial charge in [-0.2, -0.15) is 0 Å².